The van der Waals surface area contributed by atoms with Gasteiger partial charge in [-0.2, -0.15) is 10.4 Å². The predicted molar refractivity (Wildman–Crippen MR) is 77.8 cm³/mol. The van der Waals surface area contributed by atoms with Crippen molar-refractivity contribution in [3.8, 4) is 17.6 Å². The number of hydrogen-bond acceptors (Lipinski definition) is 4. The van der Waals surface area contributed by atoms with Crippen LogP contribution in [0.5, 0.6) is 11.5 Å². The molecule has 0 bridgehead atoms. The van der Waals surface area contributed by atoms with Gasteiger partial charge in [0.05, 0.1) is 17.3 Å². The van der Waals surface area contributed by atoms with E-state index in [1.807, 2.05) is 6.92 Å². The van der Waals surface area contributed by atoms with Gasteiger partial charge in [0.15, 0.2) is 5.75 Å². The summed E-state index contributed by atoms with van der Waals surface area (Å²) >= 11 is 0. The average Bonchev–Trinajstić information content (AvgIpc) is 3.27. The van der Waals surface area contributed by atoms with Crippen molar-refractivity contribution in [3.05, 3.63) is 41.2 Å². The molecule has 0 radical (unpaired) electrons. The summed E-state index contributed by atoms with van der Waals surface area (Å²) in [7, 11) is 0. The lowest BCUT2D eigenvalue weighted by Gasteiger charge is -2.09. The van der Waals surface area contributed by atoms with E-state index in [0.29, 0.717) is 28.7 Å². The van der Waals surface area contributed by atoms with E-state index in [4.69, 9.17) is 15.1 Å². The summed E-state index contributed by atoms with van der Waals surface area (Å²) < 4.78 is 7.44. The first-order valence-electron chi connectivity index (χ1n) is 7.05. The third-order valence-electron chi connectivity index (χ3n) is 3.56. The summed E-state index contributed by atoms with van der Waals surface area (Å²) in [6.45, 7) is 1.65. The van der Waals surface area contributed by atoms with E-state index in [1.165, 1.54) is 4.68 Å². The Morgan fingerprint density at radius 2 is 2.14 bits per heavy atom. The molecule has 1 aliphatic carbocycles. The SMILES string of the molecule is Cc1nn(CC(=O)O)c(C2CC2)c1Oc1ccc(C#N)cc1. The molecular weight excluding hydrogens is 282 g/mol. The van der Waals surface area contributed by atoms with E-state index in [9.17, 15) is 4.79 Å². The highest BCUT2D eigenvalue weighted by Crippen LogP contribution is 2.46. The fraction of sp³-hybridized carbons (Fsp3) is 0.312. The van der Waals surface area contributed by atoms with Gasteiger partial charge >= 0.3 is 5.97 Å². The van der Waals surface area contributed by atoms with Crippen LogP contribution in [0.2, 0.25) is 0 Å². The van der Waals surface area contributed by atoms with Crippen molar-refractivity contribution in [3.63, 3.8) is 0 Å². The second-order valence-electron chi connectivity index (χ2n) is 5.36. The Morgan fingerprint density at radius 3 is 2.68 bits per heavy atom. The zero-order valence-corrected chi connectivity index (χ0v) is 12.1. The van der Waals surface area contributed by atoms with Crippen molar-refractivity contribution in [2.45, 2.75) is 32.2 Å². The molecule has 1 aliphatic rings. The molecule has 112 valence electrons. The normalized spacial score (nSPS) is 13.6. The number of carboxylic acids is 1. The summed E-state index contributed by atoms with van der Waals surface area (Å²) in [6, 6.07) is 8.88. The summed E-state index contributed by atoms with van der Waals surface area (Å²) in [5.41, 5.74) is 2.09. The Labute approximate surface area is 127 Å². The van der Waals surface area contributed by atoms with Gasteiger partial charge < -0.3 is 9.84 Å². The van der Waals surface area contributed by atoms with E-state index in [1.54, 1.807) is 24.3 Å². The highest BCUT2D eigenvalue weighted by atomic mass is 16.5. The Kier molecular flexibility index (Phi) is 3.55. The largest absolute Gasteiger partial charge is 0.480 e. The number of aromatic nitrogens is 2. The predicted octanol–water partition coefficient (Wildman–Crippen LogP) is 2.82. The number of ether oxygens (including phenoxy) is 1. The molecule has 0 unspecified atom stereocenters. The van der Waals surface area contributed by atoms with Gasteiger partial charge in [0.25, 0.3) is 0 Å². The fourth-order valence-electron chi connectivity index (χ4n) is 2.43. The maximum Gasteiger partial charge on any atom is 0.325 e. The number of nitrogens with zero attached hydrogens (tertiary/aromatic N) is 3. The molecule has 6 nitrogen and oxygen atoms in total. The third-order valence-corrected chi connectivity index (χ3v) is 3.56. The number of rotatable bonds is 5. The fourth-order valence-corrected chi connectivity index (χ4v) is 2.43. The number of aliphatic carboxylic acids is 1. The van der Waals surface area contributed by atoms with Gasteiger partial charge in [-0.15, -0.1) is 0 Å². The summed E-state index contributed by atoms with van der Waals surface area (Å²) in [4.78, 5) is 11.0. The zero-order valence-electron chi connectivity index (χ0n) is 12.1. The van der Waals surface area contributed by atoms with Crippen LogP contribution in [-0.2, 0) is 11.3 Å². The molecule has 6 heteroatoms. The van der Waals surface area contributed by atoms with Crippen molar-refractivity contribution >= 4 is 5.97 Å². The summed E-state index contributed by atoms with van der Waals surface area (Å²) in [6.07, 6.45) is 2.04. The maximum atomic E-state index is 11.0. The van der Waals surface area contributed by atoms with Gasteiger partial charge in [-0.3, -0.25) is 9.48 Å². The smallest absolute Gasteiger partial charge is 0.325 e. The molecule has 1 saturated carbocycles. The first kappa shape index (κ1) is 14.1. The molecule has 0 aliphatic heterocycles. The Bertz CT molecular complexity index is 752. The van der Waals surface area contributed by atoms with Gasteiger partial charge in [-0.25, -0.2) is 0 Å². The summed E-state index contributed by atoms with van der Waals surface area (Å²) in [5, 5.41) is 22.1. The van der Waals surface area contributed by atoms with Crippen LogP contribution in [0.1, 0.15) is 35.7 Å². The minimum Gasteiger partial charge on any atom is -0.480 e. The number of carbonyl (C=O) groups is 1. The minimum absolute atomic E-state index is 0.163. The lowest BCUT2D eigenvalue weighted by molar-refractivity contribution is -0.137. The molecule has 0 atom stereocenters. The maximum absolute atomic E-state index is 11.0. The van der Waals surface area contributed by atoms with Gasteiger partial charge in [0.2, 0.25) is 0 Å². The van der Waals surface area contributed by atoms with Crippen LogP contribution < -0.4 is 4.74 Å². The van der Waals surface area contributed by atoms with Gasteiger partial charge in [-0.1, -0.05) is 0 Å². The highest BCUT2D eigenvalue weighted by molar-refractivity contribution is 5.66. The quantitative estimate of drug-likeness (QED) is 0.916. The molecule has 2 aromatic rings. The van der Waals surface area contributed by atoms with E-state index < -0.39 is 5.97 Å². The Hall–Kier alpha value is -2.81. The lowest BCUT2D eigenvalue weighted by Crippen LogP contribution is -2.12. The molecule has 1 N–H and O–H groups in total. The molecule has 1 fully saturated rings. The first-order valence-corrected chi connectivity index (χ1v) is 7.05. The minimum atomic E-state index is -0.922. The number of benzene rings is 1. The monoisotopic (exact) mass is 297 g/mol. The highest BCUT2D eigenvalue weighted by Gasteiger charge is 2.33. The molecule has 0 saturated heterocycles. The molecule has 0 spiro atoms. The number of nitriles is 1. The van der Waals surface area contributed by atoms with Gasteiger partial charge in [-0.05, 0) is 44.0 Å². The van der Waals surface area contributed by atoms with Crippen molar-refractivity contribution in [1.82, 2.24) is 9.78 Å². The van der Waals surface area contributed by atoms with Crippen LogP contribution >= 0.6 is 0 Å². The molecule has 1 aromatic carbocycles. The van der Waals surface area contributed by atoms with Gasteiger partial charge in [0.1, 0.15) is 18.0 Å². The summed E-state index contributed by atoms with van der Waals surface area (Å²) in [5.74, 6) is 0.635. The topological polar surface area (TPSA) is 88.1 Å². The molecule has 1 aromatic heterocycles. The molecule has 3 rings (SSSR count). The van der Waals surface area contributed by atoms with Crippen molar-refractivity contribution in [1.29, 1.82) is 5.26 Å². The van der Waals surface area contributed by atoms with Crippen LogP contribution in [0.25, 0.3) is 0 Å². The molecule has 0 amide bonds. The third kappa shape index (κ3) is 2.79. The Morgan fingerprint density at radius 1 is 1.45 bits per heavy atom. The van der Waals surface area contributed by atoms with Gasteiger partial charge in [0, 0.05) is 5.92 Å². The lowest BCUT2D eigenvalue weighted by atomic mass is 10.2. The van der Waals surface area contributed by atoms with Crippen molar-refractivity contribution in [2.24, 2.45) is 0 Å². The van der Waals surface area contributed by atoms with E-state index >= 15 is 0 Å². The second-order valence-corrected chi connectivity index (χ2v) is 5.36. The van der Waals surface area contributed by atoms with E-state index in [-0.39, 0.29) is 6.54 Å². The van der Waals surface area contributed by atoms with E-state index in [2.05, 4.69) is 11.2 Å². The van der Waals surface area contributed by atoms with Crippen LogP contribution in [0.3, 0.4) is 0 Å². The number of carboxylic acid groups (broad SMARTS) is 1. The first-order chi connectivity index (χ1) is 10.6. The number of aryl methyl sites for hydroxylation is 1. The van der Waals surface area contributed by atoms with Crippen molar-refractivity contribution in [2.75, 3.05) is 0 Å². The standard InChI is InChI=1S/C16H15N3O3/c1-10-16(22-13-6-2-11(8-17)3-7-13)15(12-4-5-12)19(18-10)9-14(20)21/h2-3,6-7,12H,4-5,9H2,1H3,(H,20,21). The molecular formula is C16H15N3O3. The van der Waals surface area contributed by atoms with Crippen LogP contribution in [0, 0.1) is 18.3 Å². The van der Waals surface area contributed by atoms with Crippen LogP contribution in [0.4, 0.5) is 0 Å². The van der Waals surface area contributed by atoms with E-state index in [0.717, 1.165) is 18.5 Å². The Balaban J connectivity index is 1.93. The molecule has 22 heavy (non-hydrogen) atoms. The van der Waals surface area contributed by atoms with Crippen molar-refractivity contribution < 1.29 is 14.6 Å². The van der Waals surface area contributed by atoms with Crippen LogP contribution in [0.15, 0.2) is 24.3 Å². The molecule has 1 heterocycles. The number of hydrogen-bond donors (Lipinski definition) is 1. The second kappa shape index (κ2) is 5.53. The average molecular weight is 297 g/mol. The van der Waals surface area contributed by atoms with Crippen LogP contribution in [-0.4, -0.2) is 20.9 Å². The zero-order chi connectivity index (χ0) is 15.7.